The minimum absolute atomic E-state index is 0.776. The average molecular weight is 1280 g/mol. The summed E-state index contributed by atoms with van der Waals surface area (Å²) in [6.07, 6.45) is 0. The van der Waals surface area contributed by atoms with Crippen LogP contribution in [0.2, 0.25) is 0 Å². The highest BCUT2D eigenvalue weighted by Gasteiger charge is 2.51. The van der Waals surface area contributed by atoms with Crippen molar-refractivity contribution in [3.63, 3.8) is 0 Å². The maximum Gasteiger partial charge on any atom is 0.0714 e. The molecule has 0 fully saturated rings. The van der Waals surface area contributed by atoms with Gasteiger partial charge in [-0.15, -0.1) is 0 Å². The average Bonchev–Trinajstić information content (AvgIpc) is 1.27. The summed E-state index contributed by atoms with van der Waals surface area (Å²) >= 11 is 0. The SMILES string of the molecule is c1ccc(N(c2ccccc2)c2ccc(N(c3ccccc3)c3ccc4c(c3)C(c3ccccc3)(c3ccccc3)c3cc5c(cc3-4)C(c3ccccc3)(c3ccccc3)c3cccc4c(N(c6ccccc6)c6ccc(N(c7ccccc7)c7ccccc7)cc6)ccc-5c34)cc2)cc1. The predicted octanol–water partition coefficient (Wildman–Crippen LogP) is 25.4. The fourth-order valence-electron chi connectivity index (χ4n) is 16.4. The van der Waals surface area contributed by atoms with E-state index in [1.54, 1.807) is 0 Å². The molecule has 0 radical (unpaired) electrons. The Morgan fingerprint density at radius 3 is 0.780 bits per heavy atom. The Kier molecular flexibility index (Phi) is 15.0. The molecule has 4 nitrogen and oxygen atoms in total. The summed E-state index contributed by atoms with van der Waals surface area (Å²) in [6, 6.07) is 152. The van der Waals surface area contributed by atoms with Crippen LogP contribution in [0.3, 0.4) is 0 Å². The molecule has 472 valence electrons. The van der Waals surface area contributed by atoms with Crippen molar-refractivity contribution >= 4 is 79.0 Å². The normalized spacial score (nSPS) is 12.8. The second-order valence-electron chi connectivity index (χ2n) is 25.9. The van der Waals surface area contributed by atoms with Gasteiger partial charge < -0.3 is 19.6 Å². The number of hydrogen-bond acceptors (Lipinski definition) is 4. The van der Waals surface area contributed by atoms with Gasteiger partial charge in [-0.25, -0.2) is 0 Å². The summed E-state index contributed by atoms with van der Waals surface area (Å²) < 4.78 is 0. The van der Waals surface area contributed by atoms with Gasteiger partial charge in [-0.3, -0.25) is 0 Å². The number of fused-ring (bicyclic) bond motifs is 5. The van der Waals surface area contributed by atoms with Crippen LogP contribution >= 0.6 is 0 Å². The second kappa shape index (κ2) is 25.2. The van der Waals surface area contributed by atoms with Crippen LogP contribution in [0.15, 0.2) is 413 Å². The molecule has 2 aliphatic rings. The van der Waals surface area contributed by atoms with Crippen LogP contribution in [0.25, 0.3) is 33.0 Å². The Labute approximate surface area is 585 Å². The largest absolute Gasteiger partial charge is 0.311 e. The third kappa shape index (κ3) is 9.83. The molecule has 16 aromatic rings. The lowest BCUT2D eigenvalue weighted by molar-refractivity contribution is 0.743. The maximum atomic E-state index is 2.62. The first kappa shape index (κ1) is 59.5. The Balaban J connectivity index is 0.870. The zero-order valence-corrected chi connectivity index (χ0v) is 55.0. The molecule has 0 spiro atoms. The van der Waals surface area contributed by atoms with Crippen LogP contribution in [-0.2, 0) is 10.8 Å². The van der Waals surface area contributed by atoms with Crippen LogP contribution in [0.4, 0.5) is 68.2 Å². The Bertz CT molecular complexity index is 5390. The van der Waals surface area contributed by atoms with Crippen molar-refractivity contribution in [1.82, 2.24) is 0 Å². The first-order valence-electron chi connectivity index (χ1n) is 34.5. The minimum Gasteiger partial charge on any atom is -0.311 e. The molecule has 18 rings (SSSR count). The standard InChI is InChI=1S/C96H68N4/c1-11-32-69(33-12-1)95(70-34-13-2-14-35-70)89-53-31-52-86-93(100(78-50-29-10-30-51-78)82-60-58-80(59-61-82)98(75-44-23-7-24-45-75)76-46-25-8-26-47-76)65-64-85(94(86)89)88-68-91-87(67-92(88)95)84-63-62-83(66-90(84)96(91,71-36-15-3-16-37-71)72-38-17-4-18-39-72)99(77-48-27-9-28-49-77)81-56-54-79(55-57-81)97(73-40-19-5-20-41-73)74-42-21-6-22-43-74/h1-68H. The van der Waals surface area contributed by atoms with Crippen LogP contribution in [0, 0.1) is 0 Å². The highest BCUT2D eigenvalue weighted by molar-refractivity contribution is 6.12. The third-order valence-electron chi connectivity index (χ3n) is 20.5. The van der Waals surface area contributed by atoms with Crippen LogP contribution in [0.5, 0.6) is 0 Å². The van der Waals surface area contributed by atoms with E-state index in [-0.39, 0.29) is 0 Å². The van der Waals surface area contributed by atoms with E-state index in [1.807, 2.05) is 0 Å². The number of hydrogen-bond donors (Lipinski definition) is 0. The van der Waals surface area contributed by atoms with E-state index in [1.165, 1.54) is 72.1 Å². The number of rotatable bonds is 16. The van der Waals surface area contributed by atoms with Crippen LogP contribution < -0.4 is 19.6 Å². The highest BCUT2D eigenvalue weighted by Crippen LogP contribution is 2.63. The number of nitrogens with zero attached hydrogens (tertiary/aromatic N) is 4. The van der Waals surface area contributed by atoms with Gasteiger partial charge in [0.1, 0.15) is 0 Å². The Morgan fingerprint density at radius 2 is 0.420 bits per heavy atom. The molecular formula is C96H68N4. The summed E-state index contributed by atoms with van der Waals surface area (Å²) in [7, 11) is 0. The van der Waals surface area contributed by atoms with Crippen molar-refractivity contribution < 1.29 is 0 Å². The maximum absolute atomic E-state index is 2.62. The molecule has 0 saturated heterocycles. The Morgan fingerprint density at radius 1 is 0.160 bits per heavy atom. The smallest absolute Gasteiger partial charge is 0.0714 e. The zero-order chi connectivity index (χ0) is 66.4. The lowest BCUT2D eigenvalue weighted by atomic mass is 9.58. The van der Waals surface area contributed by atoms with E-state index in [9.17, 15) is 0 Å². The molecule has 16 aromatic carbocycles. The lowest BCUT2D eigenvalue weighted by Gasteiger charge is -2.43. The molecule has 0 heterocycles. The molecule has 0 unspecified atom stereocenters. The first-order valence-corrected chi connectivity index (χ1v) is 34.5. The lowest BCUT2D eigenvalue weighted by Crippen LogP contribution is -2.34. The predicted molar refractivity (Wildman–Crippen MR) is 417 cm³/mol. The van der Waals surface area contributed by atoms with Crippen molar-refractivity contribution in [3.8, 4) is 22.3 Å². The molecule has 0 N–H and O–H groups in total. The molecular weight excluding hydrogens is 1210 g/mol. The highest BCUT2D eigenvalue weighted by atomic mass is 15.2. The number of para-hydroxylation sites is 6. The van der Waals surface area contributed by atoms with E-state index < -0.39 is 10.8 Å². The molecule has 0 aromatic heterocycles. The van der Waals surface area contributed by atoms with Gasteiger partial charge in [-0.05, 0) is 224 Å². The van der Waals surface area contributed by atoms with E-state index in [2.05, 4.69) is 432 Å². The molecule has 0 atom stereocenters. The fourth-order valence-corrected chi connectivity index (χ4v) is 16.4. The fraction of sp³-hybridized carbons (Fsp3) is 0.0208. The van der Waals surface area contributed by atoms with Gasteiger partial charge in [0.15, 0.2) is 0 Å². The quantitative estimate of drug-likeness (QED) is 0.0956. The van der Waals surface area contributed by atoms with E-state index in [0.29, 0.717) is 0 Å². The van der Waals surface area contributed by atoms with Gasteiger partial charge in [-0.2, -0.15) is 0 Å². The summed E-state index contributed by atoms with van der Waals surface area (Å²) in [6.45, 7) is 0. The van der Waals surface area contributed by atoms with Gasteiger partial charge in [0.25, 0.3) is 0 Å². The molecule has 0 aliphatic heterocycles. The molecule has 0 saturated carbocycles. The number of benzene rings is 16. The summed E-state index contributed by atoms with van der Waals surface area (Å²) in [5.74, 6) is 0. The van der Waals surface area contributed by atoms with E-state index >= 15 is 0 Å². The van der Waals surface area contributed by atoms with Crippen molar-refractivity contribution in [3.05, 3.63) is 457 Å². The Hall–Kier alpha value is -13.0. The molecule has 100 heavy (non-hydrogen) atoms. The van der Waals surface area contributed by atoms with Gasteiger partial charge in [0, 0.05) is 67.9 Å². The van der Waals surface area contributed by atoms with Crippen LogP contribution in [-0.4, -0.2) is 0 Å². The van der Waals surface area contributed by atoms with Crippen LogP contribution in [0.1, 0.15) is 44.5 Å². The zero-order valence-electron chi connectivity index (χ0n) is 55.0. The van der Waals surface area contributed by atoms with Crippen molar-refractivity contribution in [2.24, 2.45) is 0 Å². The van der Waals surface area contributed by atoms with Crippen molar-refractivity contribution in [1.29, 1.82) is 0 Å². The summed E-state index contributed by atoms with van der Waals surface area (Å²) in [5, 5.41) is 2.38. The van der Waals surface area contributed by atoms with Gasteiger partial charge in [0.2, 0.25) is 0 Å². The van der Waals surface area contributed by atoms with Gasteiger partial charge in [-0.1, -0.05) is 261 Å². The molecule has 4 heteroatoms. The minimum atomic E-state index is -0.784. The monoisotopic (exact) mass is 1280 g/mol. The van der Waals surface area contributed by atoms with Crippen molar-refractivity contribution in [2.75, 3.05) is 19.6 Å². The third-order valence-corrected chi connectivity index (χ3v) is 20.5. The molecule has 0 bridgehead atoms. The first-order chi connectivity index (χ1) is 49.6. The van der Waals surface area contributed by atoms with Crippen molar-refractivity contribution in [2.45, 2.75) is 10.8 Å². The van der Waals surface area contributed by atoms with E-state index in [4.69, 9.17) is 0 Å². The van der Waals surface area contributed by atoms with Gasteiger partial charge in [0.05, 0.1) is 16.5 Å². The van der Waals surface area contributed by atoms with Gasteiger partial charge >= 0.3 is 0 Å². The van der Waals surface area contributed by atoms with E-state index in [0.717, 1.165) is 73.6 Å². The summed E-state index contributed by atoms with van der Waals surface area (Å²) in [4.78, 5) is 9.53. The second-order valence-corrected chi connectivity index (χ2v) is 25.9. The molecule has 0 amide bonds. The topological polar surface area (TPSA) is 13.0 Å². The molecule has 2 aliphatic carbocycles. The summed E-state index contributed by atoms with van der Waals surface area (Å²) in [5.41, 5.74) is 25.9. The number of anilines is 12.